The Morgan fingerprint density at radius 1 is 1.10 bits per heavy atom. The Morgan fingerprint density at radius 3 is 2.59 bits per heavy atom. The smallest absolute Gasteiger partial charge is 0.282 e. The summed E-state index contributed by atoms with van der Waals surface area (Å²) in [5.41, 5.74) is 1.63. The van der Waals surface area contributed by atoms with Crippen molar-refractivity contribution in [2.75, 3.05) is 24.6 Å². The minimum absolute atomic E-state index is 0.236. The van der Waals surface area contributed by atoms with Crippen molar-refractivity contribution in [3.05, 3.63) is 52.4 Å². The minimum atomic E-state index is -0.251. The summed E-state index contributed by atoms with van der Waals surface area (Å²) < 4.78 is 5.71. The largest absolute Gasteiger partial charge is 0.494 e. The number of imide groups is 1. The number of hydrogen-bond acceptors (Lipinski definition) is 5. The molecule has 0 aliphatic carbocycles. The molecular weight excluding hydrogens is 384 g/mol. The zero-order valence-corrected chi connectivity index (χ0v) is 17.7. The first kappa shape index (κ1) is 19.7. The summed E-state index contributed by atoms with van der Waals surface area (Å²) in [7, 11) is 0. The lowest BCUT2D eigenvalue weighted by atomic mass is 9.98. The molecule has 4 rings (SSSR count). The van der Waals surface area contributed by atoms with E-state index in [1.165, 1.54) is 16.2 Å². The van der Waals surface area contributed by atoms with E-state index in [9.17, 15) is 9.59 Å². The zero-order chi connectivity index (χ0) is 20.4. The van der Waals surface area contributed by atoms with Crippen LogP contribution in [-0.4, -0.2) is 36.4 Å². The van der Waals surface area contributed by atoms with Gasteiger partial charge in [0.05, 0.1) is 17.9 Å². The Balaban J connectivity index is 1.71. The minimum Gasteiger partial charge on any atom is -0.494 e. The first-order valence-corrected chi connectivity index (χ1v) is 11.1. The van der Waals surface area contributed by atoms with Gasteiger partial charge < -0.3 is 9.64 Å². The average molecular weight is 411 g/mol. The number of nitrogens with zero attached hydrogens (tertiary/aromatic N) is 2. The maximum Gasteiger partial charge on any atom is 0.282 e. The van der Waals surface area contributed by atoms with Gasteiger partial charge in [-0.25, -0.2) is 4.90 Å². The van der Waals surface area contributed by atoms with Crippen molar-refractivity contribution < 1.29 is 14.3 Å². The van der Waals surface area contributed by atoms with E-state index in [0.717, 1.165) is 37.2 Å². The van der Waals surface area contributed by atoms with Crippen LogP contribution in [0.15, 0.2) is 47.5 Å². The van der Waals surface area contributed by atoms with Crippen LogP contribution in [0.1, 0.15) is 38.0 Å². The predicted molar refractivity (Wildman–Crippen MR) is 116 cm³/mol. The number of piperidine rings is 1. The number of ether oxygens (including phenoxy) is 1. The molecule has 2 aliphatic heterocycles. The van der Waals surface area contributed by atoms with Crippen molar-refractivity contribution in [1.29, 1.82) is 0 Å². The monoisotopic (exact) mass is 410 g/mol. The SMILES string of the molecule is CCCOc1cccc(N2C(=O)C(c3cccs3)=C(N3CCC(C)CC3)C2=O)c1. The second-order valence-electron chi connectivity index (χ2n) is 7.66. The fourth-order valence-electron chi connectivity index (χ4n) is 3.85. The highest BCUT2D eigenvalue weighted by atomic mass is 32.1. The summed E-state index contributed by atoms with van der Waals surface area (Å²) in [6.07, 6.45) is 2.96. The molecule has 0 bridgehead atoms. The Kier molecular flexibility index (Phi) is 5.72. The average Bonchev–Trinajstić information content (AvgIpc) is 3.33. The van der Waals surface area contributed by atoms with Gasteiger partial charge in [-0.05, 0) is 48.8 Å². The fourth-order valence-corrected chi connectivity index (χ4v) is 4.62. The number of amides is 2. The lowest BCUT2D eigenvalue weighted by Crippen LogP contribution is -2.38. The van der Waals surface area contributed by atoms with Gasteiger partial charge in [0.2, 0.25) is 0 Å². The Hall–Kier alpha value is -2.60. The van der Waals surface area contributed by atoms with Crippen molar-refractivity contribution >= 4 is 34.4 Å². The molecule has 1 aromatic heterocycles. The standard InChI is InChI=1S/C23H26N2O3S/c1-3-13-28-18-7-4-6-17(15-18)25-22(26)20(19-8-5-14-29-19)21(23(25)27)24-11-9-16(2)10-12-24/h4-8,14-16H,3,9-13H2,1-2H3. The summed E-state index contributed by atoms with van der Waals surface area (Å²) in [4.78, 5) is 31.2. The first-order chi connectivity index (χ1) is 14.1. The Labute approximate surface area is 175 Å². The molecular formula is C23H26N2O3S. The molecule has 2 aromatic rings. The third kappa shape index (κ3) is 3.81. The van der Waals surface area contributed by atoms with Gasteiger partial charge in [0.15, 0.2) is 0 Å². The molecule has 29 heavy (non-hydrogen) atoms. The highest BCUT2D eigenvalue weighted by Gasteiger charge is 2.43. The molecule has 3 heterocycles. The maximum atomic E-state index is 13.5. The van der Waals surface area contributed by atoms with Crippen molar-refractivity contribution in [1.82, 2.24) is 4.90 Å². The van der Waals surface area contributed by atoms with Crippen molar-refractivity contribution in [3.8, 4) is 5.75 Å². The number of hydrogen-bond donors (Lipinski definition) is 0. The molecule has 0 saturated carbocycles. The van der Waals surface area contributed by atoms with Crippen LogP contribution in [-0.2, 0) is 9.59 Å². The number of thiophene rings is 1. The van der Waals surface area contributed by atoms with Gasteiger partial charge in [0.25, 0.3) is 11.8 Å². The van der Waals surface area contributed by atoms with E-state index in [1.54, 1.807) is 12.1 Å². The Bertz CT molecular complexity index is 927. The van der Waals surface area contributed by atoms with E-state index in [-0.39, 0.29) is 11.8 Å². The number of benzene rings is 1. The summed E-state index contributed by atoms with van der Waals surface area (Å²) in [5.74, 6) is 0.829. The number of likely N-dealkylation sites (tertiary alicyclic amines) is 1. The summed E-state index contributed by atoms with van der Waals surface area (Å²) in [5, 5.41) is 1.94. The molecule has 0 atom stereocenters. The molecule has 1 aromatic carbocycles. The normalized spacial score (nSPS) is 18.1. The van der Waals surface area contributed by atoms with Crippen molar-refractivity contribution in [2.45, 2.75) is 33.1 Å². The molecule has 0 unspecified atom stereocenters. The van der Waals surface area contributed by atoms with E-state index in [2.05, 4.69) is 11.8 Å². The quantitative estimate of drug-likeness (QED) is 0.656. The summed E-state index contributed by atoms with van der Waals surface area (Å²) in [6.45, 7) is 6.49. The molecule has 0 spiro atoms. The molecule has 6 heteroatoms. The number of carbonyl (C=O) groups is 2. The molecule has 0 N–H and O–H groups in total. The second kappa shape index (κ2) is 8.41. The lowest BCUT2D eigenvalue weighted by molar-refractivity contribution is -0.120. The Morgan fingerprint density at radius 2 is 1.90 bits per heavy atom. The zero-order valence-electron chi connectivity index (χ0n) is 16.9. The van der Waals surface area contributed by atoms with Gasteiger partial charge >= 0.3 is 0 Å². The molecule has 0 radical (unpaired) electrons. The lowest BCUT2D eigenvalue weighted by Gasteiger charge is -2.32. The van der Waals surface area contributed by atoms with Gasteiger partial charge in [0, 0.05) is 24.0 Å². The van der Waals surface area contributed by atoms with E-state index in [4.69, 9.17) is 4.74 Å². The molecule has 1 fully saturated rings. The van der Waals surface area contributed by atoms with E-state index >= 15 is 0 Å². The molecule has 2 amide bonds. The van der Waals surface area contributed by atoms with Crippen molar-refractivity contribution in [2.24, 2.45) is 5.92 Å². The van der Waals surface area contributed by atoms with Crippen LogP contribution >= 0.6 is 11.3 Å². The van der Waals surface area contributed by atoms with Gasteiger partial charge in [0.1, 0.15) is 11.4 Å². The number of carbonyl (C=O) groups excluding carboxylic acids is 2. The van der Waals surface area contributed by atoms with Crippen LogP contribution in [0, 0.1) is 5.92 Å². The van der Waals surface area contributed by atoms with Crippen LogP contribution in [0.3, 0.4) is 0 Å². The topological polar surface area (TPSA) is 49.9 Å². The van der Waals surface area contributed by atoms with Crippen LogP contribution < -0.4 is 9.64 Å². The van der Waals surface area contributed by atoms with Gasteiger partial charge in [-0.3, -0.25) is 9.59 Å². The van der Waals surface area contributed by atoms with Crippen LogP contribution in [0.4, 0.5) is 5.69 Å². The van der Waals surface area contributed by atoms with E-state index in [0.29, 0.717) is 35.2 Å². The highest BCUT2D eigenvalue weighted by molar-refractivity contribution is 7.11. The van der Waals surface area contributed by atoms with Crippen LogP contribution in [0.5, 0.6) is 5.75 Å². The number of anilines is 1. The third-order valence-corrected chi connectivity index (χ3v) is 6.36. The molecule has 1 saturated heterocycles. The molecule has 2 aliphatic rings. The van der Waals surface area contributed by atoms with Gasteiger partial charge in [-0.15, -0.1) is 11.3 Å². The predicted octanol–water partition coefficient (Wildman–Crippen LogP) is 4.55. The van der Waals surface area contributed by atoms with Gasteiger partial charge in [-0.1, -0.05) is 26.0 Å². The highest BCUT2D eigenvalue weighted by Crippen LogP contribution is 2.38. The van der Waals surface area contributed by atoms with Crippen LogP contribution in [0.25, 0.3) is 5.57 Å². The summed E-state index contributed by atoms with van der Waals surface area (Å²) >= 11 is 1.50. The van der Waals surface area contributed by atoms with Gasteiger partial charge in [-0.2, -0.15) is 0 Å². The van der Waals surface area contributed by atoms with E-state index < -0.39 is 0 Å². The third-order valence-electron chi connectivity index (χ3n) is 5.48. The molecule has 5 nitrogen and oxygen atoms in total. The molecule has 152 valence electrons. The maximum absolute atomic E-state index is 13.5. The van der Waals surface area contributed by atoms with Crippen LogP contribution in [0.2, 0.25) is 0 Å². The second-order valence-corrected chi connectivity index (χ2v) is 8.61. The number of rotatable bonds is 6. The fraction of sp³-hybridized carbons (Fsp3) is 0.391. The summed E-state index contributed by atoms with van der Waals surface area (Å²) in [6, 6.07) is 11.1. The van der Waals surface area contributed by atoms with Crippen molar-refractivity contribution in [3.63, 3.8) is 0 Å². The first-order valence-electron chi connectivity index (χ1n) is 10.2. The van der Waals surface area contributed by atoms with E-state index in [1.807, 2.05) is 36.6 Å².